The van der Waals surface area contributed by atoms with Gasteiger partial charge in [0.05, 0.1) is 0 Å². The Balaban J connectivity index is 4.11. The lowest BCUT2D eigenvalue weighted by Gasteiger charge is -2.18. The Morgan fingerprint density at radius 3 is 0.764 bits per heavy atom. The molecule has 0 aliphatic carbocycles. The van der Waals surface area contributed by atoms with Crippen LogP contribution in [0.1, 0.15) is 361 Å². The number of allylic oxidation sites excluding steroid dienone is 4. The second kappa shape index (κ2) is 61.4. The van der Waals surface area contributed by atoms with E-state index in [2.05, 4.69) is 45.1 Å². The number of carbonyl (C=O) groups excluding carboxylic acids is 3. The lowest BCUT2D eigenvalue weighted by atomic mass is 10.0. The van der Waals surface area contributed by atoms with E-state index in [1.54, 1.807) is 0 Å². The van der Waals surface area contributed by atoms with Crippen LogP contribution < -0.4 is 0 Å². The molecule has 424 valence electrons. The number of carbonyl (C=O) groups is 3. The van der Waals surface area contributed by atoms with Gasteiger partial charge in [-0.3, -0.25) is 14.4 Å². The standard InChI is InChI=1S/C66H124O6/c1-4-7-10-13-16-19-21-23-25-27-29-31-32-33-34-36-37-39-41-43-45-47-50-53-56-59-65(68)71-62-63(61-70-64(67)58-55-52-49-18-15-12-9-6-3)72-66(69)60-57-54-51-48-46-44-42-40-38-35-30-28-26-24-22-20-17-14-11-8-5-2/h21,23,27,29,63H,4-20,22,24-26,28,30-62H2,1-3H3/b23-21-,29-27-. The molecule has 0 rings (SSSR count). The van der Waals surface area contributed by atoms with Crippen molar-refractivity contribution in [1.29, 1.82) is 0 Å². The summed E-state index contributed by atoms with van der Waals surface area (Å²) in [5.41, 5.74) is 0. The summed E-state index contributed by atoms with van der Waals surface area (Å²) >= 11 is 0. The molecule has 1 atom stereocenters. The Kier molecular flexibility index (Phi) is 59.6. The lowest BCUT2D eigenvalue weighted by Crippen LogP contribution is -2.30. The Morgan fingerprint density at radius 2 is 0.500 bits per heavy atom. The van der Waals surface area contributed by atoms with Crippen LogP contribution in [0.4, 0.5) is 0 Å². The molecule has 0 aliphatic rings. The van der Waals surface area contributed by atoms with Crippen LogP contribution in [-0.2, 0) is 28.6 Å². The van der Waals surface area contributed by atoms with Gasteiger partial charge in [-0.15, -0.1) is 0 Å². The van der Waals surface area contributed by atoms with E-state index in [1.165, 1.54) is 257 Å². The van der Waals surface area contributed by atoms with E-state index in [-0.39, 0.29) is 31.1 Å². The molecule has 0 spiro atoms. The van der Waals surface area contributed by atoms with Crippen molar-refractivity contribution < 1.29 is 28.6 Å². The zero-order chi connectivity index (χ0) is 52.2. The highest BCUT2D eigenvalue weighted by molar-refractivity contribution is 5.71. The minimum absolute atomic E-state index is 0.0657. The summed E-state index contributed by atoms with van der Waals surface area (Å²) < 4.78 is 16.9. The normalized spacial score (nSPS) is 12.1. The summed E-state index contributed by atoms with van der Waals surface area (Å²) in [4.78, 5) is 38.1. The number of rotatable bonds is 60. The predicted octanol–water partition coefficient (Wildman–Crippen LogP) is 21.8. The molecule has 0 N–H and O–H groups in total. The third-order valence-electron chi connectivity index (χ3n) is 14.7. The van der Waals surface area contributed by atoms with Crippen LogP contribution in [0.2, 0.25) is 0 Å². The minimum Gasteiger partial charge on any atom is -0.462 e. The molecule has 0 saturated carbocycles. The third kappa shape index (κ3) is 58.8. The van der Waals surface area contributed by atoms with Crippen molar-refractivity contribution in [3.05, 3.63) is 24.3 Å². The van der Waals surface area contributed by atoms with Crippen molar-refractivity contribution in [1.82, 2.24) is 0 Å². The van der Waals surface area contributed by atoms with Gasteiger partial charge in [0.1, 0.15) is 13.2 Å². The first kappa shape index (κ1) is 69.9. The summed E-state index contributed by atoms with van der Waals surface area (Å²) in [6.45, 7) is 6.67. The fourth-order valence-electron chi connectivity index (χ4n) is 9.83. The highest BCUT2D eigenvalue weighted by Gasteiger charge is 2.19. The van der Waals surface area contributed by atoms with E-state index >= 15 is 0 Å². The van der Waals surface area contributed by atoms with Crippen molar-refractivity contribution in [2.75, 3.05) is 13.2 Å². The van der Waals surface area contributed by atoms with Gasteiger partial charge >= 0.3 is 17.9 Å². The van der Waals surface area contributed by atoms with Crippen LogP contribution in [0.15, 0.2) is 24.3 Å². The average Bonchev–Trinajstić information content (AvgIpc) is 3.38. The highest BCUT2D eigenvalue weighted by Crippen LogP contribution is 2.18. The summed E-state index contributed by atoms with van der Waals surface area (Å²) in [6, 6.07) is 0. The summed E-state index contributed by atoms with van der Waals surface area (Å²) in [6.07, 6.45) is 73.5. The van der Waals surface area contributed by atoms with Gasteiger partial charge in [0.25, 0.3) is 0 Å². The van der Waals surface area contributed by atoms with E-state index in [1.807, 2.05) is 0 Å². The second-order valence-electron chi connectivity index (χ2n) is 22.0. The van der Waals surface area contributed by atoms with Gasteiger partial charge < -0.3 is 14.2 Å². The number of unbranched alkanes of at least 4 members (excludes halogenated alkanes) is 45. The Bertz CT molecular complexity index is 1160. The first-order valence-electron chi connectivity index (χ1n) is 32.3. The number of esters is 3. The SMILES string of the molecule is CCCCCCC/C=C\C/C=C\CCCCCCCCCCCCCCCC(=O)OCC(COC(=O)CCCCCCCCCC)OC(=O)CCCCCCCCCCCCCCCCCCCCCCC. The number of ether oxygens (including phenoxy) is 3. The van der Waals surface area contributed by atoms with Crippen LogP contribution >= 0.6 is 0 Å². The van der Waals surface area contributed by atoms with Gasteiger partial charge in [-0.2, -0.15) is 0 Å². The van der Waals surface area contributed by atoms with Crippen molar-refractivity contribution in [2.45, 2.75) is 367 Å². The van der Waals surface area contributed by atoms with Gasteiger partial charge in [-0.25, -0.2) is 0 Å². The van der Waals surface area contributed by atoms with Crippen LogP contribution in [0.25, 0.3) is 0 Å². The third-order valence-corrected chi connectivity index (χ3v) is 14.7. The molecule has 0 amide bonds. The van der Waals surface area contributed by atoms with Gasteiger partial charge in [-0.05, 0) is 51.4 Å². The Hall–Kier alpha value is -2.11. The van der Waals surface area contributed by atoms with E-state index in [4.69, 9.17) is 14.2 Å². The van der Waals surface area contributed by atoms with Gasteiger partial charge in [0.15, 0.2) is 6.10 Å². The first-order chi connectivity index (χ1) is 35.5. The highest BCUT2D eigenvalue weighted by atomic mass is 16.6. The fraction of sp³-hybridized carbons (Fsp3) is 0.894. The smallest absolute Gasteiger partial charge is 0.306 e. The van der Waals surface area contributed by atoms with Crippen molar-refractivity contribution in [3.63, 3.8) is 0 Å². The minimum atomic E-state index is -0.765. The van der Waals surface area contributed by atoms with E-state index in [0.717, 1.165) is 64.2 Å². The zero-order valence-corrected chi connectivity index (χ0v) is 48.7. The summed E-state index contributed by atoms with van der Waals surface area (Å²) in [5.74, 6) is -0.845. The quantitative estimate of drug-likeness (QED) is 0.0261. The molecule has 0 aliphatic heterocycles. The summed E-state index contributed by atoms with van der Waals surface area (Å²) in [5, 5.41) is 0. The topological polar surface area (TPSA) is 78.9 Å². The largest absolute Gasteiger partial charge is 0.462 e. The number of hydrogen-bond acceptors (Lipinski definition) is 6. The maximum atomic E-state index is 12.9. The molecule has 0 bridgehead atoms. The van der Waals surface area contributed by atoms with E-state index < -0.39 is 6.10 Å². The van der Waals surface area contributed by atoms with Crippen molar-refractivity contribution >= 4 is 17.9 Å². The molecular formula is C66H124O6. The molecule has 0 aromatic carbocycles. The monoisotopic (exact) mass is 1010 g/mol. The molecule has 1 unspecified atom stereocenters. The van der Waals surface area contributed by atoms with Crippen LogP contribution in [-0.4, -0.2) is 37.2 Å². The Morgan fingerprint density at radius 1 is 0.278 bits per heavy atom. The lowest BCUT2D eigenvalue weighted by molar-refractivity contribution is -0.167. The molecule has 6 heteroatoms. The molecule has 0 fully saturated rings. The first-order valence-corrected chi connectivity index (χ1v) is 32.3. The molecular weight excluding hydrogens is 889 g/mol. The molecule has 0 aromatic heterocycles. The molecule has 0 aromatic rings. The van der Waals surface area contributed by atoms with Crippen LogP contribution in [0.5, 0.6) is 0 Å². The molecule has 0 radical (unpaired) electrons. The van der Waals surface area contributed by atoms with Crippen LogP contribution in [0.3, 0.4) is 0 Å². The summed E-state index contributed by atoms with van der Waals surface area (Å²) in [7, 11) is 0. The zero-order valence-electron chi connectivity index (χ0n) is 48.7. The molecule has 0 saturated heterocycles. The van der Waals surface area contributed by atoms with E-state index in [9.17, 15) is 14.4 Å². The molecule has 0 heterocycles. The fourth-order valence-corrected chi connectivity index (χ4v) is 9.83. The molecule has 72 heavy (non-hydrogen) atoms. The predicted molar refractivity (Wildman–Crippen MR) is 312 cm³/mol. The number of hydrogen-bond donors (Lipinski definition) is 0. The van der Waals surface area contributed by atoms with Gasteiger partial charge in [0, 0.05) is 19.3 Å². The molecule has 6 nitrogen and oxygen atoms in total. The van der Waals surface area contributed by atoms with Crippen molar-refractivity contribution in [2.24, 2.45) is 0 Å². The Labute approximate surface area is 449 Å². The van der Waals surface area contributed by atoms with Gasteiger partial charge in [-0.1, -0.05) is 315 Å². The maximum absolute atomic E-state index is 12.9. The van der Waals surface area contributed by atoms with Gasteiger partial charge in [0.2, 0.25) is 0 Å². The van der Waals surface area contributed by atoms with Crippen molar-refractivity contribution in [3.8, 4) is 0 Å². The van der Waals surface area contributed by atoms with E-state index in [0.29, 0.717) is 19.3 Å². The second-order valence-corrected chi connectivity index (χ2v) is 22.0. The average molecular weight is 1010 g/mol. The van der Waals surface area contributed by atoms with Crippen LogP contribution in [0, 0.1) is 0 Å². The maximum Gasteiger partial charge on any atom is 0.306 e.